The zero-order valence-corrected chi connectivity index (χ0v) is 13.4. The highest BCUT2D eigenvalue weighted by Gasteiger charge is 2.33. The predicted molar refractivity (Wildman–Crippen MR) is 86.8 cm³/mol. The lowest BCUT2D eigenvalue weighted by Gasteiger charge is -2.25. The van der Waals surface area contributed by atoms with Crippen molar-refractivity contribution >= 4 is 13.7 Å². The molecule has 3 N–H and O–H groups in total. The molecule has 23 heavy (non-hydrogen) atoms. The summed E-state index contributed by atoms with van der Waals surface area (Å²) in [4.78, 5) is 29.6. The van der Waals surface area contributed by atoms with E-state index in [0.717, 1.165) is 18.2 Å². The number of benzene rings is 2. The Morgan fingerprint density at radius 1 is 1.04 bits per heavy atom. The maximum absolute atomic E-state index is 11.3. The van der Waals surface area contributed by atoms with E-state index in [2.05, 4.69) is 0 Å². The summed E-state index contributed by atoms with van der Waals surface area (Å²) >= 11 is 0. The summed E-state index contributed by atoms with van der Waals surface area (Å²) in [5.74, 6) is -1.28. The molecule has 0 heterocycles. The van der Waals surface area contributed by atoms with Gasteiger partial charge in [-0.15, -0.1) is 0 Å². The molecule has 0 spiro atoms. The van der Waals surface area contributed by atoms with Gasteiger partial charge in [-0.05, 0) is 30.2 Å². The number of carboxylic acid groups (broad SMARTS) is 1. The lowest BCUT2D eigenvalue weighted by molar-refractivity contribution is -0.141. The van der Waals surface area contributed by atoms with Crippen molar-refractivity contribution in [3.8, 4) is 11.1 Å². The number of aliphatic carboxylic acids is 1. The van der Waals surface area contributed by atoms with E-state index in [0.29, 0.717) is 10.2 Å². The van der Waals surface area contributed by atoms with E-state index in [1.54, 1.807) is 12.1 Å². The second-order valence-electron chi connectivity index (χ2n) is 5.21. The Morgan fingerprint density at radius 3 is 2.04 bits per heavy atom. The van der Waals surface area contributed by atoms with Crippen molar-refractivity contribution < 1.29 is 24.3 Å². The molecule has 0 aromatic heterocycles. The van der Waals surface area contributed by atoms with E-state index in [4.69, 9.17) is 9.79 Å². The first-order valence-electron chi connectivity index (χ1n) is 6.95. The topological polar surface area (TPSA) is 98.1 Å². The molecule has 0 aliphatic heterocycles. The molecule has 0 bridgehead atoms. The van der Waals surface area contributed by atoms with Gasteiger partial charge in [-0.1, -0.05) is 54.6 Å². The largest absolute Gasteiger partial charge is 0.480 e. The van der Waals surface area contributed by atoms with Gasteiger partial charge in [0.2, 0.25) is 0 Å². The zero-order valence-electron chi connectivity index (χ0n) is 12.5. The summed E-state index contributed by atoms with van der Waals surface area (Å²) in [5, 5.41) is 9.22. The minimum atomic E-state index is -4.61. The highest BCUT2D eigenvalue weighted by Crippen LogP contribution is 2.40. The smallest absolute Gasteiger partial charge is 0.403 e. The molecule has 0 amide bonds. The van der Waals surface area contributed by atoms with E-state index in [9.17, 15) is 14.5 Å². The van der Waals surface area contributed by atoms with Crippen LogP contribution in [0.4, 0.5) is 0 Å². The second-order valence-corrected chi connectivity index (χ2v) is 6.87. The van der Waals surface area contributed by atoms with Crippen LogP contribution >= 0.6 is 7.75 Å². The molecule has 7 heteroatoms. The summed E-state index contributed by atoms with van der Waals surface area (Å²) in [6.07, 6.45) is 0.00597. The molecule has 0 aliphatic carbocycles. The van der Waals surface area contributed by atoms with Crippen LogP contribution in [0.15, 0.2) is 54.6 Å². The van der Waals surface area contributed by atoms with Crippen LogP contribution < -0.4 is 0 Å². The van der Waals surface area contributed by atoms with E-state index < -0.39 is 19.8 Å². The van der Waals surface area contributed by atoms with Crippen molar-refractivity contribution in [2.45, 2.75) is 12.5 Å². The Balaban J connectivity index is 2.19. The lowest BCUT2D eigenvalue weighted by atomic mass is 10.0. The average Bonchev–Trinajstić information content (AvgIpc) is 2.52. The van der Waals surface area contributed by atoms with Crippen molar-refractivity contribution in [1.82, 2.24) is 4.67 Å². The molecular formula is C16H18NO5P. The Kier molecular flexibility index (Phi) is 5.34. The van der Waals surface area contributed by atoms with Gasteiger partial charge < -0.3 is 14.9 Å². The molecule has 122 valence electrons. The fourth-order valence-electron chi connectivity index (χ4n) is 2.25. The molecule has 0 saturated carbocycles. The summed E-state index contributed by atoms with van der Waals surface area (Å²) < 4.78 is 11.8. The van der Waals surface area contributed by atoms with Gasteiger partial charge in [0.05, 0.1) is 0 Å². The molecular weight excluding hydrogens is 317 g/mol. The average molecular weight is 335 g/mol. The second kappa shape index (κ2) is 7.06. The SMILES string of the molecule is CN([C@@H](Cc1ccc(-c2ccccc2)cc1)C(=O)O)P(=O)(O)O. The standard InChI is InChI=1S/C16H18NO5P/c1-17(23(20,21)22)15(16(18)19)11-12-7-9-14(10-8-12)13-5-3-2-4-6-13/h2-10,15H,11H2,1H3,(H,18,19)(H2,20,21,22)/t15-/m0/s1. The highest BCUT2D eigenvalue weighted by molar-refractivity contribution is 7.49. The molecule has 2 rings (SSSR count). The third-order valence-electron chi connectivity index (χ3n) is 3.64. The van der Waals surface area contributed by atoms with Gasteiger partial charge in [0.1, 0.15) is 6.04 Å². The first-order valence-corrected chi connectivity index (χ1v) is 8.51. The summed E-state index contributed by atoms with van der Waals surface area (Å²) in [7, 11) is -3.50. The van der Waals surface area contributed by atoms with E-state index in [1.165, 1.54) is 0 Å². The van der Waals surface area contributed by atoms with Crippen LogP contribution in [0.2, 0.25) is 0 Å². The van der Waals surface area contributed by atoms with Crippen LogP contribution in [-0.4, -0.2) is 38.6 Å². The molecule has 0 radical (unpaired) electrons. The molecule has 1 atom stereocenters. The minimum Gasteiger partial charge on any atom is -0.480 e. The van der Waals surface area contributed by atoms with Gasteiger partial charge in [0.15, 0.2) is 0 Å². The maximum atomic E-state index is 11.3. The Morgan fingerprint density at radius 2 is 1.57 bits per heavy atom. The van der Waals surface area contributed by atoms with Crippen molar-refractivity contribution in [2.24, 2.45) is 0 Å². The number of likely N-dealkylation sites (N-methyl/N-ethyl adjacent to an activating group) is 1. The molecule has 0 aliphatic rings. The van der Waals surface area contributed by atoms with Gasteiger partial charge in [-0.25, -0.2) is 4.57 Å². The summed E-state index contributed by atoms with van der Waals surface area (Å²) in [6, 6.07) is 15.7. The molecule has 2 aromatic carbocycles. The number of nitrogens with zero attached hydrogens (tertiary/aromatic N) is 1. The number of rotatable bonds is 6. The first kappa shape index (κ1) is 17.4. The third kappa shape index (κ3) is 4.50. The van der Waals surface area contributed by atoms with Crippen LogP contribution in [0.1, 0.15) is 5.56 Å². The first-order chi connectivity index (χ1) is 10.8. The number of carbonyl (C=O) groups is 1. The number of hydrogen-bond donors (Lipinski definition) is 3. The maximum Gasteiger partial charge on any atom is 0.403 e. The van der Waals surface area contributed by atoms with Gasteiger partial charge in [-0.3, -0.25) is 4.79 Å². The van der Waals surface area contributed by atoms with E-state index >= 15 is 0 Å². The van der Waals surface area contributed by atoms with Gasteiger partial charge in [0, 0.05) is 0 Å². The Hall–Kier alpha value is -1.98. The molecule has 0 fully saturated rings. The van der Waals surface area contributed by atoms with Crippen LogP contribution in [0.25, 0.3) is 11.1 Å². The summed E-state index contributed by atoms with van der Waals surface area (Å²) in [5.41, 5.74) is 2.73. The van der Waals surface area contributed by atoms with Crippen molar-refractivity contribution in [3.05, 3.63) is 60.2 Å². The van der Waals surface area contributed by atoms with E-state index in [1.807, 2.05) is 42.5 Å². The molecule has 0 saturated heterocycles. The van der Waals surface area contributed by atoms with E-state index in [-0.39, 0.29) is 6.42 Å². The molecule has 0 unspecified atom stereocenters. The number of carboxylic acids is 1. The Labute approximate surface area is 134 Å². The van der Waals surface area contributed by atoms with Crippen LogP contribution in [0.3, 0.4) is 0 Å². The predicted octanol–water partition coefficient (Wildman–Crippen LogP) is 2.37. The molecule has 6 nitrogen and oxygen atoms in total. The van der Waals surface area contributed by atoms with Crippen LogP contribution in [0, 0.1) is 0 Å². The zero-order chi connectivity index (χ0) is 17.0. The highest BCUT2D eigenvalue weighted by atomic mass is 31.2. The van der Waals surface area contributed by atoms with Gasteiger partial charge in [0.25, 0.3) is 0 Å². The third-order valence-corrected chi connectivity index (χ3v) is 4.74. The normalized spacial score (nSPS) is 13.0. The van der Waals surface area contributed by atoms with Crippen LogP contribution in [-0.2, 0) is 15.8 Å². The number of hydrogen-bond acceptors (Lipinski definition) is 2. The minimum absolute atomic E-state index is 0.00597. The fraction of sp³-hybridized carbons (Fsp3) is 0.188. The van der Waals surface area contributed by atoms with Crippen molar-refractivity contribution in [3.63, 3.8) is 0 Å². The fourth-order valence-corrected chi connectivity index (χ4v) is 2.79. The monoisotopic (exact) mass is 335 g/mol. The Bertz CT molecular complexity index is 711. The van der Waals surface area contributed by atoms with Crippen LogP contribution in [0.5, 0.6) is 0 Å². The quantitative estimate of drug-likeness (QED) is 0.701. The molecule has 2 aromatic rings. The van der Waals surface area contributed by atoms with Gasteiger partial charge in [-0.2, -0.15) is 4.67 Å². The van der Waals surface area contributed by atoms with Gasteiger partial charge >= 0.3 is 13.7 Å². The summed E-state index contributed by atoms with van der Waals surface area (Å²) in [6.45, 7) is 0. The lowest BCUT2D eigenvalue weighted by Crippen LogP contribution is -2.38. The van der Waals surface area contributed by atoms with Crippen molar-refractivity contribution in [1.29, 1.82) is 0 Å². The van der Waals surface area contributed by atoms with Crippen molar-refractivity contribution in [2.75, 3.05) is 7.05 Å².